The molecule has 3 heterocycles. The Morgan fingerprint density at radius 3 is 2.57 bits per heavy atom. The van der Waals surface area contributed by atoms with E-state index in [4.69, 9.17) is 4.74 Å². The molecule has 1 aromatic heterocycles. The van der Waals surface area contributed by atoms with Crippen LogP contribution in [0.3, 0.4) is 0 Å². The molecule has 0 saturated carbocycles. The van der Waals surface area contributed by atoms with E-state index in [9.17, 15) is 24.5 Å². The number of carbonyl (C=O) groups is 3. The van der Waals surface area contributed by atoms with Gasteiger partial charge in [0, 0.05) is 48.8 Å². The number of non-ortho nitro benzene ring substituents is 1. The monoisotopic (exact) mass is 519 g/mol. The number of benzene rings is 1. The third-order valence-electron chi connectivity index (χ3n) is 5.76. The van der Waals surface area contributed by atoms with Gasteiger partial charge in [0.25, 0.3) is 11.6 Å². The Morgan fingerprint density at radius 1 is 1.26 bits per heavy atom. The van der Waals surface area contributed by atoms with Gasteiger partial charge in [-0.2, -0.15) is 0 Å². The van der Waals surface area contributed by atoms with Crippen LogP contribution in [-0.4, -0.2) is 69.4 Å². The maximum Gasteiger partial charge on any atom is 0.417 e. The van der Waals surface area contributed by atoms with Gasteiger partial charge in [-0.25, -0.2) is 14.7 Å². The Morgan fingerprint density at radius 2 is 1.94 bits per heavy atom. The van der Waals surface area contributed by atoms with Crippen LogP contribution in [0.5, 0.6) is 0 Å². The summed E-state index contributed by atoms with van der Waals surface area (Å²) in [5, 5.41) is 16.7. The van der Waals surface area contributed by atoms with Gasteiger partial charge in [-0.3, -0.25) is 19.7 Å². The van der Waals surface area contributed by atoms with Crippen LogP contribution in [0.15, 0.2) is 29.6 Å². The highest BCUT2D eigenvalue weighted by atomic mass is 32.2. The second kappa shape index (κ2) is 11.1. The van der Waals surface area contributed by atoms with E-state index in [0.717, 1.165) is 4.90 Å². The molecular weight excluding hydrogens is 494 g/mol. The van der Waals surface area contributed by atoms with Crippen LogP contribution in [0.25, 0.3) is 0 Å². The van der Waals surface area contributed by atoms with Gasteiger partial charge in [-0.15, -0.1) is 11.3 Å². The van der Waals surface area contributed by atoms with E-state index in [2.05, 4.69) is 10.3 Å². The summed E-state index contributed by atoms with van der Waals surface area (Å²) >= 11 is 2.63. The molecule has 35 heavy (non-hydrogen) atoms. The number of nitrogens with zero attached hydrogens (tertiary/aromatic N) is 4. The molecule has 2 saturated heterocycles. The fraction of sp³-hybridized carbons (Fsp3) is 0.455. The maximum atomic E-state index is 13.4. The molecule has 0 aliphatic carbocycles. The molecule has 0 bridgehead atoms. The number of carbonyl (C=O) groups excluding carboxylic acids is 3. The topological polar surface area (TPSA) is 135 Å². The lowest BCUT2D eigenvalue weighted by molar-refractivity contribution is -0.384. The van der Waals surface area contributed by atoms with Crippen molar-refractivity contribution in [3.63, 3.8) is 0 Å². The fourth-order valence-electron chi connectivity index (χ4n) is 3.93. The number of nitro benzene ring substituents is 1. The van der Waals surface area contributed by atoms with Crippen molar-refractivity contribution in [3.05, 3.63) is 51.0 Å². The first kappa shape index (κ1) is 25.1. The molecule has 2 amide bonds. The molecule has 2 aromatic rings. The lowest BCUT2D eigenvalue weighted by atomic mass is 10.0. The predicted octanol–water partition coefficient (Wildman–Crippen LogP) is 3.05. The van der Waals surface area contributed by atoms with E-state index in [1.165, 1.54) is 47.4 Å². The first-order chi connectivity index (χ1) is 16.8. The molecule has 13 heteroatoms. The zero-order chi connectivity index (χ0) is 24.9. The standard InChI is InChI=1S/C22H25N5O6S2/c1-14(28)35-18-10-25(11-18)21-24-19(13-34-21)20(29)26(16-6-8-23-9-7-16)22(30)33-12-15-2-4-17(5-3-15)27(31)32/h2-5,13,16,18,23H,6-12H2,1H3. The van der Waals surface area contributed by atoms with Gasteiger partial charge in [0.1, 0.15) is 12.3 Å². The number of ether oxygens (including phenoxy) is 1. The van der Waals surface area contributed by atoms with E-state index >= 15 is 0 Å². The Labute approximate surface area is 210 Å². The number of piperidine rings is 1. The minimum Gasteiger partial charge on any atom is -0.444 e. The number of aromatic nitrogens is 1. The lowest BCUT2D eigenvalue weighted by Gasteiger charge is -2.37. The Kier molecular flexibility index (Phi) is 7.98. The van der Waals surface area contributed by atoms with Crippen LogP contribution in [0, 0.1) is 10.1 Å². The number of hydrogen-bond acceptors (Lipinski definition) is 11. The van der Waals surface area contributed by atoms with Gasteiger partial charge >= 0.3 is 6.09 Å². The molecule has 2 fully saturated rings. The van der Waals surface area contributed by atoms with Crippen LogP contribution in [0.1, 0.15) is 35.8 Å². The van der Waals surface area contributed by atoms with Crippen LogP contribution >= 0.6 is 23.1 Å². The molecule has 2 aliphatic heterocycles. The number of imide groups is 1. The van der Waals surface area contributed by atoms with Crippen molar-refractivity contribution in [2.24, 2.45) is 0 Å². The summed E-state index contributed by atoms with van der Waals surface area (Å²) in [6.45, 7) is 4.15. The Bertz CT molecular complexity index is 1100. The quantitative estimate of drug-likeness (QED) is 0.429. The van der Waals surface area contributed by atoms with Crippen LogP contribution in [-0.2, 0) is 16.1 Å². The highest BCUT2D eigenvalue weighted by molar-refractivity contribution is 8.14. The van der Waals surface area contributed by atoms with E-state index < -0.39 is 16.9 Å². The molecule has 4 rings (SSSR count). The summed E-state index contributed by atoms with van der Waals surface area (Å²) in [6, 6.07) is 5.38. The van der Waals surface area contributed by atoms with Gasteiger partial charge < -0.3 is 15.0 Å². The van der Waals surface area contributed by atoms with Crippen LogP contribution in [0.2, 0.25) is 0 Å². The number of thiazole rings is 1. The smallest absolute Gasteiger partial charge is 0.417 e. The SMILES string of the molecule is CC(=O)SC1CN(c2nc(C(=O)N(C(=O)OCc3ccc([N+](=O)[O-])cc3)C3CCNCC3)cs2)C1. The molecule has 11 nitrogen and oxygen atoms in total. The van der Waals surface area contributed by atoms with Crippen LogP contribution in [0.4, 0.5) is 15.6 Å². The number of anilines is 1. The molecule has 1 N–H and O–H groups in total. The van der Waals surface area contributed by atoms with Gasteiger partial charge in [-0.05, 0) is 43.6 Å². The molecule has 0 unspecified atom stereocenters. The van der Waals surface area contributed by atoms with Crippen molar-refractivity contribution in [1.82, 2.24) is 15.2 Å². The molecule has 186 valence electrons. The summed E-state index contributed by atoms with van der Waals surface area (Å²) in [5.41, 5.74) is 0.700. The summed E-state index contributed by atoms with van der Waals surface area (Å²) in [4.78, 5) is 55.6. The summed E-state index contributed by atoms with van der Waals surface area (Å²) < 4.78 is 5.43. The molecule has 0 atom stereocenters. The van der Waals surface area contributed by atoms with Crippen LogP contribution < -0.4 is 10.2 Å². The zero-order valence-electron chi connectivity index (χ0n) is 19.0. The largest absolute Gasteiger partial charge is 0.444 e. The number of thioether (sulfide) groups is 1. The minimum absolute atomic E-state index is 0.0562. The van der Waals surface area contributed by atoms with Gasteiger partial charge in [0.05, 0.1) is 4.92 Å². The minimum atomic E-state index is -0.767. The third-order valence-corrected chi connectivity index (χ3v) is 7.63. The summed E-state index contributed by atoms with van der Waals surface area (Å²) in [5.74, 6) is -0.511. The Balaban J connectivity index is 1.43. The van der Waals surface area contributed by atoms with Gasteiger partial charge in [0.15, 0.2) is 10.2 Å². The number of hydrogen-bond donors (Lipinski definition) is 1. The van der Waals surface area contributed by atoms with E-state index in [1.807, 2.05) is 4.90 Å². The molecular formula is C22H25N5O6S2. The zero-order valence-corrected chi connectivity index (χ0v) is 20.7. The van der Waals surface area contributed by atoms with E-state index in [-0.39, 0.29) is 34.4 Å². The predicted molar refractivity (Wildman–Crippen MR) is 132 cm³/mol. The molecule has 0 radical (unpaired) electrons. The van der Waals surface area contributed by atoms with E-state index in [1.54, 1.807) is 12.3 Å². The average molecular weight is 520 g/mol. The number of amides is 2. The third kappa shape index (κ3) is 6.16. The number of nitro groups is 1. The van der Waals surface area contributed by atoms with Gasteiger partial charge in [-0.1, -0.05) is 11.8 Å². The molecule has 0 spiro atoms. The maximum absolute atomic E-state index is 13.4. The number of rotatable bonds is 7. The number of nitrogens with one attached hydrogen (secondary N) is 1. The summed E-state index contributed by atoms with van der Waals surface area (Å²) in [7, 11) is 0. The van der Waals surface area contributed by atoms with Crippen molar-refractivity contribution < 1.29 is 24.0 Å². The second-order valence-electron chi connectivity index (χ2n) is 8.29. The molecule has 1 aromatic carbocycles. The summed E-state index contributed by atoms with van der Waals surface area (Å²) in [6.07, 6.45) is 0.438. The normalized spacial score (nSPS) is 16.4. The van der Waals surface area contributed by atoms with Crippen molar-refractivity contribution in [2.45, 2.75) is 37.7 Å². The molecule has 2 aliphatic rings. The van der Waals surface area contributed by atoms with Crippen molar-refractivity contribution in [2.75, 3.05) is 31.1 Å². The van der Waals surface area contributed by atoms with Crippen molar-refractivity contribution in [3.8, 4) is 0 Å². The Hall–Kier alpha value is -3.03. The van der Waals surface area contributed by atoms with Gasteiger partial charge in [0.2, 0.25) is 0 Å². The second-order valence-corrected chi connectivity index (χ2v) is 10.6. The van der Waals surface area contributed by atoms with Crippen molar-refractivity contribution in [1.29, 1.82) is 0 Å². The van der Waals surface area contributed by atoms with E-state index in [0.29, 0.717) is 49.7 Å². The fourth-order valence-corrected chi connectivity index (χ4v) is 5.72. The highest BCUT2D eigenvalue weighted by Gasteiger charge is 2.36. The highest BCUT2D eigenvalue weighted by Crippen LogP contribution is 2.31. The first-order valence-corrected chi connectivity index (χ1v) is 12.9. The average Bonchev–Trinajstić information content (AvgIpc) is 3.30. The first-order valence-electron chi connectivity index (χ1n) is 11.1. The lowest BCUT2D eigenvalue weighted by Crippen LogP contribution is -2.50. The van der Waals surface area contributed by atoms with Crippen molar-refractivity contribution >= 4 is 51.0 Å².